The summed E-state index contributed by atoms with van der Waals surface area (Å²) in [6.07, 6.45) is 1.21. The summed E-state index contributed by atoms with van der Waals surface area (Å²) < 4.78 is 13.6. The summed E-state index contributed by atoms with van der Waals surface area (Å²) in [4.78, 5) is 14.4. The molecule has 1 aliphatic heterocycles. The Bertz CT molecular complexity index is 467. The van der Waals surface area contributed by atoms with Gasteiger partial charge in [0.1, 0.15) is 5.82 Å². The van der Waals surface area contributed by atoms with Crippen LogP contribution in [0, 0.1) is 17.7 Å². The third-order valence-corrected chi connectivity index (χ3v) is 3.96. The molecule has 20 heavy (non-hydrogen) atoms. The Labute approximate surface area is 120 Å². The van der Waals surface area contributed by atoms with E-state index in [1.54, 1.807) is 18.2 Å². The number of carbonyl (C=O) groups excluding carboxylic acids is 1. The molecule has 1 N–H and O–H groups in total. The molecular formula is C16H23FN2O. The van der Waals surface area contributed by atoms with Gasteiger partial charge in [0.15, 0.2) is 0 Å². The van der Waals surface area contributed by atoms with Gasteiger partial charge >= 0.3 is 0 Å². The number of rotatable bonds is 3. The molecule has 4 heteroatoms. The fourth-order valence-corrected chi connectivity index (χ4v) is 2.99. The lowest BCUT2D eigenvalue weighted by molar-refractivity contribution is -0.121. The Hall–Kier alpha value is -1.42. The first-order valence-electron chi connectivity index (χ1n) is 7.26. The zero-order valence-electron chi connectivity index (χ0n) is 12.4. The normalized spacial score (nSPS) is 25.2. The average Bonchev–Trinajstić information content (AvgIpc) is 2.39. The van der Waals surface area contributed by atoms with Gasteiger partial charge in [0.05, 0.1) is 11.7 Å². The van der Waals surface area contributed by atoms with Crippen LogP contribution < -0.4 is 5.32 Å². The van der Waals surface area contributed by atoms with Crippen LogP contribution in [0.25, 0.3) is 0 Å². The van der Waals surface area contributed by atoms with Gasteiger partial charge in [-0.15, -0.1) is 0 Å². The maximum absolute atomic E-state index is 13.6. The highest BCUT2D eigenvalue weighted by Crippen LogP contribution is 2.23. The van der Waals surface area contributed by atoms with E-state index in [2.05, 4.69) is 24.1 Å². The maximum Gasteiger partial charge on any atom is 0.241 e. The number of nitrogens with zero attached hydrogens (tertiary/aromatic N) is 1. The predicted octanol–water partition coefficient (Wildman–Crippen LogP) is 3.13. The van der Waals surface area contributed by atoms with Gasteiger partial charge in [0.25, 0.3) is 0 Å². The number of halogens is 1. The summed E-state index contributed by atoms with van der Waals surface area (Å²) in [5, 5.41) is 2.68. The first-order valence-corrected chi connectivity index (χ1v) is 7.26. The molecule has 110 valence electrons. The maximum atomic E-state index is 13.6. The Balaban J connectivity index is 2.00. The van der Waals surface area contributed by atoms with Crippen LogP contribution in [-0.4, -0.2) is 29.9 Å². The fourth-order valence-electron chi connectivity index (χ4n) is 2.99. The van der Waals surface area contributed by atoms with E-state index in [1.165, 1.54) is 12.5 Å². The molecule has 0 spiro atoms. The highest BCUT2D eigenvalue weighted by atomic mass is 19.1. The Morgan fingerprint density at radius 3 is 2.50 bits per heavy atom. The van der Waals surface area contributed by atoms with E-state index < -0.39 is 5.82 Å². The van der Waals surface area contributed by atoms with Crippen LogP contribution >= 0.6 is 0 Å². The van der Waals surface area contributed by atoms with E-state index in [0.717, 1.165) is 13.1 Å². The minimum atomic E-state index is -0.395. The van der Waals surface area contributed by atoms with Gasteiger partial charge in [-0.1, -0.05) is 26.0 Å². The molecule has 0 radical (unpaired) electrons. The second-order valence-corrected chi connectivity index (χ2v) is 6.05. The summed E-state index contributed by atoms with van der Waals surface area (Å²) >= 11 is 0. The standard InChI is InChI=1S/C16H23FN2O/c1-11-8-12(2)10-19(9-11)13(3)16(20)18-15-7-5-4-6-14(15)17/h4-7,11-13H,8-10H2,1-3H3,(H,18,20). The van der Waals surface area contributed by atoms with Crippen LogP contribution in [0.15, 0.2) is 24.3 Å². The number of piperidine rings is 1. The molecule has 0 aliphatic carbocycles. The molecule has 0 aromatic heterocycles. The van der Waals surface area contributed by atoms with Gasteiger partial charge < -0.3 is 5.32 Å². The lowest BCUT2D eigenvalue weighted by Crippen LogP contribution is -2.48. The molecule has 1 aromatic carbocycles. The predicted molar refractivity (Wildman–Crippen MR) is 79.0 cm³/mol. The van der Waals surface area contributed by atoms with E-state index in [4.69, 9.17) is 0 Å². The SMILES string of the molecule is CC1CC(C)CN(C(C)C(=O)Nc2ccccc2F)C1. The van der Waals surface area contributed by atoms with Crippen LogP contribution in [0.2, 0.25) is 0 Å². The highest BCUT2D eigenvalue weighted by molar-refractivity contribution is 5.94. The van der Waals surface area contributed by atoms with Gasteiger partial charge in [-0.25, -0.2) is 4.39 Å². The summed E-state index contributed by atoms with van der Waals surface area (Å²) in [5.74, 6) is 0.662. The van der Waals surface area contributed by atoms with E-state index in [9.17, 15) is 9.18 Å². The average molecular weight is 278 g/mol. The van der Waals surface area contributed by atoms with Crippen molar-refractivity contribution >= 4 is 11.6 Å². The molecule has 1 aromatic rings. The van der Waals surface area contributed by atoms with Crippen molar-refractivity contribution in [2.24, 2.45) is 11.8 Å². The highest BCUT2D eigenvalue weighted by Gasteiger charge is 2.28. The topological polar surface area (TPSA) is 32.3 Å². The Morgan fingerprint density at radius 2 is 1.90 bits per heavy atom. The first kappa shape index (κ1) is 15.0. The van der Waals surface area contributed by atoms with Crippen molar-refractivity contribution in [1.29, 1.82) is 0 Å². The van der Waals surface area contributed by atoms with Crippen LogP contribution in [0.5, 0.6) is 0 Å². The summed E-state index contributed by atoms with van der Waals surface area (Å²) in [6, 6.07) is 6.03. The van der Waals surface area contributed by atoms with Gasteiger partial charge in [0, 0.05) is 13.1 Å². The zero-order chi connectivity index (χ0) is 14.7. The van der Waals surface area contributed by atoms with Crippen LogP contribution in [0.4, 0.5) is 10.1 Å². The van der Waals surface area contributed by atoms with E-state index in [-0.39, 0.29) is 17.6 Å². The summed E-state index contributed by atoms with van der Waals surface area (Å²) in [6.45, 7) is 8.17. The number of para-hydroxylation sites is 1. The summed E-state index contributed by atoms with van der Waals surface area (Å²) in [7, 11) is 0. The number of anilines is 1. The summed E-state index contributed by atoms with van der Waals surface area (Å²) in [5.41, 5.74) is 0.252. The van der Waals surface area contributed by atoms with Gasteiger partial charge in [0.2, 0.25) is 5.91 Å². The number of benzene rings is 1. The van der Waals surface area contributed by atoms with Crippen molar-refractivity contribution in [3.63, 3.8) is 0 Å². The second-order valence-electron chi connectivity index (χ2n) is 6.05. The van der Waals surface area contributed by atoms with Crippen LogP contribution in [0.3, 0.4) is 0 Å². The molecule has 1 heterocycles. The molecule has 1 fully saturated rings. The molecule has 3 unspecified atom stereocenters. The number of carbonyl (C=O) groups is 1. The zero-order valence-corrected chi connectivity index (χ0v) is 12.4. The van der Waals surface area contributed by atoms with Gasteiger partial charge in [-0.05, 0) is 37.3 Å². The van der Waals surface area contributed by atoms with Gasteiger partial charge in [-0.2, -0.15) is 0 Å². The molecule has 1 saturated heterocycles. The second kappa shape index (κ2) is 6.35. The van der Waals surface area contributed by atoms with Crippen LogP contribution in [-0.2, 0) is 4.79 Å². The fraction of sp³-hybridized carbons (Fsp3) is 0.562. The lowest BCUT2D eigenvalue weighted by atomic mass is 9.91. The largest absolute Gasteiger partial charge is 0.322 e. The lowest BCUT2D eigenvalue weighted by Gasteiger charge is -2.38. The van der Waals surface area contributed by atoms with Crippen molar-refractivity contribution in [3.05, 3.63) is 30.1 Å². The Kier molecular flexibility index (Phi) is 4.76. The van der Waals surface area contributed by atoms with E-state index in [0.29, 0.717) is 11.8 Å². The van der Waals surface area contributed by atoms with Crippen molar-refractivity contribution < 1.29 is 9.18 Å². The van der Waals surface area contributed by atoms with Gasteiger partial charge in [-0.3, -0.25) is 9.69 Å². The smallest absolute Gasteiger partial charge is 0.241 e. The van der Waals surface area contributed by atoms with Crippen molar-refractivity contribution in [2.45, 2.75) is 33.2 Å². The molecule has 2 rings (SSSR count). The van der Waals surface area contributed by atoms with E-state index >= 15 is 0 Å². The molecule has 3 nitrogen and oxygen atoms in total. The quantitative estimate of drug-likeness (QED) is 0.921. The number of likely N-dealkylation sites (tertiary alicyclic amines) is 1. The molecule has 3 atom stereocenters. The number of amides is 1. The third kappa shape index (κ3) is 3.57. The number of nitrogens with one attached hydrogen (secondary N) is 1. The number of hydrogen-bond acceptors (Lipinski definition) is 2. The monoisotopic (exact) mass is 278 g/mol. The van der Waals surface area contributed by atoms with Crippen molar-refractivity contribution in [1.82, 2.24) is 4.90 Å². The van der Waals surface area contributed by atoms with Crippen molar-refractivity contribution in [3.8, 4) is 0 Å². The third-order valence-electron chi connectivity index (χ3n) is 3.96. The molecule has 0 saturated carbocycles. The molecule has 0 bridgehead atoms. The molecule has 1 aliphatic rings. The van der Waals surface area contributed by atoms with Crippen LogP contribution in [0.1, 0.15) is 27.2 Å². The molecule has 1 amide bonds. The number of hydrogen-bond donors (Lipinski definition) is 1. The molecular weight excluding hydrogens is 255 g/mol. The Morgan fingerprint density at radius 1 is 1.30 bits per heavy atom. The minimum absolute atomic E-state index is 0.142. The van der Waals surface area contributed by atoms with E-state index in [1.807, 2.05) is 6.92 Å². The first-order chi connectivity index (χ1) is 9.47. The van der Waals surface area contributed by atoms with Crippen molar-refractivity contribution in [2.75, 3.05) is 18.4 Å². The minimum Gasteiger partial charge on any atom is -0.322 e.